The van der Waals surface area contributed by atoms with Crippen LogP contribution in [0.5, 0.6) is 0 Å². The highest BCUT2D eigenvalue weighted by molar-refractivity contribution is 7.99. The minimum Gasteiger partial charge on any atom is -0.325 e. The lowest BCUT2D eigenvalue weighted by Crippen LogP contribution is -2.24. The van der Waals surface area contributed by atoms with Gasteiger partial charge in [0.25, 0.3) is 5.56 Å². The first-order valence-electron chi connectivity index (χ1n) is 8.80. The molecule has 4 rings (SSSR count). The minimum atomic E-state index is -0.199. The van der Waals surface area contributed by atoms with E-state index < -0.39 is 0 Å². The number of rotatable bonds is 5. The van der Waals surface area contributed by atoms with Crippen molar-refractivity contribution in [3.05, 3.63) is 46.1 Å². The van der Waals surface area contributed by atoms with E-state index in [2.05, 4.69) is 10.3 Å². The molecule has 28 heavy (non-hydrogen) atoms. The van der Waals surface area contributed by atoms with E-state index in [-0.39, 0.29) is 23.1 Å². The monoisotopic (exact) mass is 414 g/mol. The summed E-state index contributed by atoms with van der Waals surface area (Å²) >= 11 is 2.58. The molecular weight excluding hydrogens is 396 g/mol. The molecule has 2 amide bonds. The summed E-state index contributed by atoms with van der Waals surface area (Å²) in [4.78, 5) is 42.8. The van der Waals surface area contributed by atoms with Crippen molar-refractivity contribution in [2.45, 2.75) is 18.0 Å². The molecule has 3 heterocycles. The molecule has 1 N–H and O–H groups in total. The van der Waals surface area contributed by atoms with Crippen LogP contribution >= 0.6 is 23.1 Å². The first-order valence-corrected chi connectivity index (χ1v) is 10.7. The smallest absolute Gasteiger partial charge is 0.271 e. The van der Waals surface area contributed by atoms with Crippen LogP contribution in [0.25, 0.3) is 10.2 Å². The number of anilines is 2. The van der Waals surface area contributed by atoms with Crippen LogP contribution in [0.3, 0.4) is 0 Å². The Morgan fingerprint density at radius 1 is 1.32 bits per heavy atom. The van der Waals surface area contributed by atoms with Gasteiger partial charge in [0.15, 0.2) is 5.16 Å². The molecule has 9 heteroatoms. The fourth-order valence-electron chi connectivity index (χ4n) is 3.10. The normalized spacial score (nSPS) is 14.0. The Kier molecular flexibility index (Phi) is 5.19. The summed E-state index contributed by atoms with van der Waals surface area (Å²) in [6.07, 6.45) is 1.42. The molecular formula is C19H18N4O3S2. The van der Waals surface area contributed by atoms with Gasteiger partial charge in [-0.15, -0.1) is 11.3 Å². The first-order chi connectivity index (χ1) is 13.5. The molecule has 1 aromatic carbocycles. The zero-order chi connectivity index (χ0) is 19.7. The van der Waals surface area contributed by atoms with E-state index in [1.165, 1.54) is 27.7 Å². The number of aromatic nitrogens is 2. The molecule has 2 aromatic heterocycles. The molecule has 3 aromatic rings. The lowest BCUT2D eigenvalue weighted by Gasteiger charge is -2.16. The largest absolute Gasteiger partial charge is 0.325 e. The molecule has 7 nitrogen and oxygen atoms in total. The second-order valence-electron chi connectivity index (χ2n) is 6.43. The Labute approximate surface area is 169 Å². The van der Waals surface area contributed by atoms with Crippen molar-refractivity contribution in [3.8, 4) is 0 Å². The Hall–Kier alpha value is -2.65. The second-order valence-corrected chi connectivity index (χ2v) is 8.29. The number of thiophene rings is 1. The molecule has 1 aliphatic rings. The van der Waals surface area contributed by atoms with E-state index in [0.717, 1.165) is 12.1 Å². The summed E-state index contributed by atoms with van der Waals surface area (Å²) < 4.78 is 2.08. The quantitative estimate of drug-likeness (QED) is 0.513. The number of fused-ring (bicyclic) bond motifs is 1. The molecule has 1 saturated heterocycles. The van der Waals surface area contributed by atoms with Crippen molar-refractivity contribution in [2.75, 3.05) is 22.5 Å². The van der Waals surface area contributed by atoms with Gasteiger partial charge in [0.2, 0.25) is 11.8 Å². The zero-order valence-electron chi connectivity index (χ0n) is 15.2. The summed E-state index contributed by atoms with van der Waals surface area (Å²) in [7, 11) is 1.66. The maximum absolute atomic E-state index is 12.4. The van der Waals surface area contributed by atoms with Gasteiger partial charge in [0.05, 0.1) is 11.3 Å². The Bertz CT molecular complexity index is 1120. The summed E-state index contributed by atoms with van der Waals surface area (Å²) in [5.41, 5.74) is 1.97. The average Bonchev–Trinajstić information content (AvgIpc) is 3.32. The number of benzene rings is 1. The third kappa shape index (κ3) is 3.67. The fourth-order valence-corrected chi connectivity index (χ4v) is 4.67. The van der Waals surface area contributed by atoms with Crippen molar-refractivity contribution in [1.29, 1.82) is 0 Å². The molecule has 1 aliphatic heterocycles. The number of carbonyl (C=O) groups excluding carboxylic acids is 2. The number of nitrogens with zero attached hydrogens (tertiary/aromatic N) is 3. The van der Waals surface area contributed by atoms with Crippen LogP contribution in [0.15, 0.2) is 45.7 Å². The van der Waals surface area contributed by atoms with Gasteiger partial charge in [-0.1, -0.05) is 17.8 Å². The van der Waals surface area contributed by atoms with Gasteiger partial charge in [-0.2, -0.15) is 0 Å². The van der Waals surface area contributed by atoms with Crippen molar-refractivity contribution in [3.63, 3.8) is 0 Å². The highest BCUT2D eigenvalue weighted by Crippen LogP contribution is 2.25. The van der Waals surface area contributed by atoms with Gasteiger partial charge >= 0.3 is 0 Å². The van der Waals surface area contributed by atoms with Gasteiger partial charge in [-0.05, 0) is 36.1 Å². The number of hydrogen-bond donors (Lipinski definition) is 1. The highest BCUT2D eigenvalue weighted by Gasteiger charge is 2.21. The van der Waals surface area contributed by atoms with E-state index in [1.807, 2.05) is 17.5 Å². The SMILES string of the molecule is Cn1c(SCC(=O)Nc2cccc(N3CCCC3=O)c2)nc2ccsc2c1=O. The standard InChI is InChI=1S/C19H18N4O3S2/c1-22-18(26)17-14(7-9-27-17)21-19(22)28-11-15(24)20-12-4-2-5-13(10-12)23-8-3-6-16(23)25/h2,4-5,7,9-10H,3,6,8,11H2,1H3,(H,20,24). The number of carbonyl (C=O) groups is 2. The molecule has 144 valence electrons. The predicted octanol–water partition coefficient (Wildman–Crippen LogP) is 2.85. The number of amides is 2. The highest BCUT2D eigenvalue weighted by atomic mass is 32.2. The summed E-state index contributed by atoms with van der Waals surface area (Å²) in [5.74, 6) is 0.0346. The van der Waals surface area contributed by atoms with E-state index in [9.17, 15) is 14.4 Å². The minimum absolute atomic E-state index is 0.106. The number of nitrogens with one attached hydrogen (secondary N) is 1. The third-order valence-electron chi connectivity index (χ3n) is 4.49. The van der Waals surface area contributed by atoms with E-state index >= 15 is 0 Å². The maximum atomic E-state index is 12.4. The van der Waals surface area contributed by atoms with Crippen molar-refractivity contribution >= 4 is 56.5 Å². The average molecular weight is 415 g/mol. The molecule has 0 radical (unpaired) electrons. The van der Waals surface area contributed by atoms with Crippen LogP contribution in [-0.2, 0) is 16.6 Å². The van der Waals surface area contributed by atoms with Crippen LogP contribution in [0.4, 0.5) is 11.4 Å². The van der Waals surface area contributed by atoms with Crippen LogP contribution < -0.4 is 15.8 Å². The second kappa shape index (κ2) is 7.76. The molecule has 0 atom stereocenters. The molecule has 1 fully saturated rings. The Balaban J connectivity index is 1.43. The van der Waals surface area contributed by atoms with Gasteiger partial charge in [0.1, 0.15) is 4.70 Å². The Morgan fingerprint density at radius 3 is 2.96 bits per heavy atom. The topological polar surface area (TPSA) is 84.3 Å². The Morgan fingerprint density at radius 2 is 2.18 bits per heavy atom. The predicted molar refractivity (Wildman–Crippen MR) is 112 cm³/mol. The van der Waals surface area contributed by atoms with Crippen LogP contribution in [-0.4, -0.2) is 33.7 Å². The van der Waals surface area contributed by atoms with Crippen molar-refractivity contribution in [2.24, 2.45) is 7.05 Å². The van der Waals surface area contributed by atoms with E-state index in [4.69, 9.17) is 0 Å². The fraction of sp³-hybridized carbons (Fsp3) is 0.263. The summed E-state index contributed by atoms with van der Waals surface area (Å²) in [5, 5.41) is 5.18. The lowest BCUT2D eigenvalue weighted by molar-refractivity contribution is -0.117. The van der Waals surface area contributed by atoms with E-state index in [0.29, 0.717) is 34.0 Å². The lowest BCUT2D eigenvalue weighted by atomic mass is 10.2. The first kappa shape index (κ1) is 18.7. The molecule has 0 saturated carbocycles. The maximum Gasteiger partial charge on any atom is 0.271 e. The molecule has 0 spiro atoms. The third-order valence-corrected chi connectivity index (χ3v) is 6.42. The number of thioether (sulfide) groups is 1. The number of hydrogen-bond acceptors (Lipinski definition) is 6. The van der Waals surface area contributed by atoms with Gasteiger partial charge in [-0.3, -0.25) is 19.0 Å². The van der Waals surface area contributed by atoms with Crippen molar-refractivity contribution < 1.29 is 9.59 Å². The van der Waals surface area contributed by atoms with Crippen LogP contribution in [0.1, 0.15) is 12.8 Å². The van der Waals surface area contributed by atoms with Crippen molar-refractivity contribution in [1.82, 2.24) is 9.55 Å². The zero-order valence-corrected chi connectivity index (χ0v) is 16.8. The van der Waals surface area contributed by atoms with Gasteiger partial charge in [0, 0.05) is 31.4 Å². The van der Waals surface area contributed by atoms with Gasteiger partial charge < -0.3 is 10.2 Å². The van der Waals surface area contributed by atoms with Gasteiger partial charge in [-0.25, -0.2) is 4.98 Å². The molecule has 0 aliphatic carbocycles. The van der Waals surface area contributed by atoms with E-state index in [1.54, 1.807) is 30.1 Å². The molecule has 0 bridgehead atoms. The molecule has 0 unspecified atom stereocenters. The van der Waals surface area contributed by atoms with Crippen LogP contribution in [0.2, 0.25) is 0 Å². The summed E-state index contributed by atoms with van der Waals surface area (Å²) in [6.45, 7) is 0.705. The summed E-state index contributed by atoms with van der Waals surface area (Å²) in [6, 6.07) is 9.08. The van der Waals surface area contributed by atoms with Crippen LogP contribution in [0, 0.1) is 0 Å².